The van der Waals surface area contributed by atoms with E-state index >= 15 is 0 Å². The van der Waals surface area contributed by atoms with Gasteiger partial charge in [0.1, 0.15) is 5.56 Å². The third-order valence-corrected chi connectivity index (χ3v) is 2.74. The molecule has 7 heteroatoms. The highest BCUT2D eigenvalue weighted by Gasteiger charge is 2.26. The van der Waals surface area contributed by atoms with Crippen molar-refractivity contribution in [3.63, 3.8) is 0 Å². The highest BCUT2D eigenvalue weighted by Crippen LogP contribution is 2.20. The maximum absolute atomic E-state index is 11.0. The maximum Gasteiger partial charge on any atom is 0.254 e. The predicted octanol–water partition coefficient (Wildman–Crippen LogP) is -1.15. The molecule has 1 fully saturated rings. The van der Waals surface area contributed by atoms with Crippen molar-refractivity contribution < 1.29 is 9.53 Å². The van der Waals surface area contributed by atoms with E-state index in [1.165, 1.54) is 6.20 Å². The fourth-order valence-electron chi connectivity index (χ4n) is 1.78. The zero-order chi connectivity index (χ0) is 11.7. The van der Waals surface area contributed by atoms with E-state index in [2.05, 4.69) is 5.10 Å². The van der Waals surface area contributed by atoms with Crippen molar-refractivity contribution in [3.8, 4) is 0 Å². The first kappa shape index (κ1) is 10.9. The highest BCUT2D eigenvalue weighted by atomic mass is 16.5. The number of aromatic nitrogens is 2. The summed E-state index contributed by atoms with van der Waals surface area (Å²) >= 11 is 0. The number of primary amides is 1. The van der Waals surface area contributed by atoms with Crippen LogP contribution in [0.3, 0.4) is 0 Å². The maximum atomic E-state index is 11.0. The van der Waals surface area contributed by atoms with Gasteiger partial charge in [-0.15, -0.1) is 0 Å². The van der Waals surface area contributed by atoms with Crippen molar-refractivity contribution in [2.24, 2.45) is 11.5 Å². The van der Waals surface area contributed by atoms with Crippen molar-refractivity contribution >= 4 is 11.7 Å². The van der Waals surface area contributed by atoms with Gasteiger partial charge >= 0.3 is 0 Å². The van der Waals surface area contributed by atoms with Gasteiger partial charge in [-0.05, 0) is 6.42 Å². The van der Waals surface area contributed by atoms with Crippen molar-refractivity contribution in [1.82, 2.24) is 9.78 Å². The Kier molecular flexibility index (Phi) is 2.80. The first-order valence-electron chi connectivity index (χ1n) is 5.07. The number of nitrogens with two attached hydrogens (primary N) is 3. The molecule has 0 saturated carbocycles. The summed E-state index contributed by atoms with van der Waals surface area (Å²) in [5, 5.41) is 4.04. The van der Waals surface area contributed by atoms with Crippen molar-refractivity contribution in [2.75, 3.05) is 18.9 Å². The smallest absolute Gasteiger partial charge is 0.254 e. The van der Waals surface area contributed by atoms with Crippen LogP contribution in [-0.4, -0.2) is 34.9 Å². The molecule has 1 aromatic heterocycles. The molecular formula is C9H15N5O2. The van der Waals surface area contributed by atoms with Crippen LogP contribution in [-0.2, 0) is 4.74 Å². The minimum atomic E-state index is -0.589. The SMILES string of the molecule is NC(=O)c1cn(C2COCC[C@@H]2N)nc1N. The van der Waals surface area contributed by atoms with Crippen molar-refractivity contribution in [2.45, 2.75) is 18.5 Å². The van der Waals surface area contributed by atoms with Crippen LogP contribution in [0.5, 0.6) is 0 Å². The number of rotatable bonds is 2. The van der Waals surface area contributed by atoms with Gasteiger partial charge in [-0.1, -0.05) is 0 Å². The second-order valence-electron chi connectivity index (χ2n) is 3.87. The summed E-state index contributed by atoms with van der Waals surface area (Å²) in [6, 6.07) is -0.141. The van der Waals surface area contributed by atoms with E-state index in [0.29, 0.717) is 13.2 Å². The Labute approximate surface area is 92.5 Å². The molecule has 6 N–H and O–H groups in total. The molecular weight excluding hydrogens is 210 g/mol. The number of carbonyl (C=O) groups is 1. The molecule has 1 aliphatic heterocycles. The van der Waals surface area contributed by atoms with E-state index in [-0.39, 0.29) is 23.5 Å². The van der Waals surface area contributed by atoms with Crippen LogP contribution in [0.4, 0.5) is 5.82 Å². The van der Waals surface area contributed by atoms with Gasteiger partial charge in [0.05, 0.1) is 12.6 Å². The van der Waals surface area contributed by atoms with E-state index in [4.69, 9.17) is 21.9 Å². The first-order chi connectivity index (χ1) is 7.59. The lowest BCUT2D eigenvalue weighted by Crippen LogP contribution is -2.40. The minimum Gasteiger partial charge on any atom is -0.382 e. The van der Waals surface area contributed by atoms with Gasteiger partial charge in [0.2, 0.25) is 0 Å². The van der Waals surface area contributed by atoms with Crippen LogP contribution >= 0.6 is 0 Å². The van der Waals surface area contributed by atoms with Gasteiger partial charge in [-0.25, -0.2) is 0 Å². The fraction of sp³-hybridized carbons (Fsp3) is 0.556. The number of nitrogens with zero attached hydrogens (tertiary/aromatic N) is 2. The summed E-state index contributed by atoms with van der Waals surface area (Å²) in [6.07, 6.45) is 2.28. The molecule has 16 heavy (non-hydrogen) atoms. The Morgan fingerprint density at radius 2 is 2.38 bits per heavy atom. The van der Waals surface area contributed by atoms with Gasteiger partial charge in [-0.2, -0.15) is 5.10 Å². The Morgan fingerprint density at radius 1 is 1.62 bits per heavy atom. The molecule has 1 saturated heterocycles. The number of hydrogen-bond donors (Lipinski definition) is 3. The Morgan fingerprint density at radius 3 is 2.94 bits per heavy atom. The number of carbonyl (C=O) groups excluding carboxylic acids is 1. The summed E-state index contributed by atoms with van der Waals surface area (Å²) in [5.41, 5.74) is 16.9. The quantitative estimate of drug-likeness (QED) is 0.586. The van der Waals surface area contributed by atoms with Gasteiger partial charge in [-0.3, -0.25) is 9.48 Å². The number of amides is 1. The zero-order valence-corrected chi connectivity index (χ0v) is 8.80. The second-order valence-corrected chi connectivity index (χ2v) is 3.87. The molecule has 7 nitrogen and oxygen atoms in total. The third kappa shape index (κ3) is 1.86. The molecule has 0 radical (unpaired) electrons. The summed E-state index contributed by atoms with van der Waals surface area (Å²) in [5.74, 6) is -0.459. The number of nitrogen functional groups attached to an aromatic ring is 1. The lowest BCUT2D eigenvalue weighted by atomic mass is 10.1. The molecule has 0 spiro atoms. The summed E-state index contributed by atoms with van der Waals surface area (Å²) in [7, 11) is 0. The van der Waals surface area contributed by atoms with Crippen LogP contribution in [0.2, 0.25) is 0 Å². The molecule has 2 rings (SSSR count). The van der Waals surface area contributed by atoms with Gasteiger partial charge in [0.25, 0.3) is 5.91 Å². The third-order valence-electron chi connectivity index (χ3n) is 2.74. The van der Waals surface area contributed by atoms with E-state index in [9.17, 15) is 4.79 Å². The van der Waals surface area contributed by atoms with E-state index < -0.39 is 5.91 Å². The van der Waals surface area contributed by atoms with E-state index in [1.807, 2.05) is 0 Å². The summed E-state index contributed by atoms with van der Waals surface area (Å²) in [6.45, 7) is 1.12. The number of hydrogen-bond acceptors (Lipinski definition) is 5. The van der Waals surface area contributed by atoms with E-state index in [0.717, 1.165) is 6.42 Å². The minimum absolute atomic E-state index is 0.0474. The molecule has 0 aliphatic carbocycles. The second kappa shape index (κ2) is 4.11. The standard InChI is InChI=1S/C9H15N5O2/c10-6-1-2-16-4-7(6)14-3-5(9(12)15)8(11)13-14/h3,6-7H,1-2,4,10H2,(H2,11,13)(H2,12,15)/t6-,7?/m0/s1. The lowest BCUT2D eigenvalue weighted by molar-refractivity contribution is 0.0425. The Hall–Kier alpha value is -1.60. The number of anilines is 1. The Bertz CT molecular complexity index is 403. The largest absolute Gasteiger partial charge is 0.382 e. The normalized spacial score (nSPS) is 25.6. The molecule has 1 unspecified atom stereocenters. The van der Waals surface area contributed by atoms with Crippen LogP contribution < -0.4 is 17.2 Å². The van der Waals surface area contributed by atoms with Crippen LogP contribution in [0.1, 0.15) is 22.8 Å². The molecule has 88 valence electrons. The fourth-order valence-corrected chi connectivity index (χ4v) is 1.78. The molecule has 2 atom stereocenters. The van der Waals surface area contributed by atoms with Crippen molar-refractivity contribution in [1.29, 1.82) is 0 Å². The van der Waals surface area contributed by atoms with Gasteiger partial charge in [0, 0.05) is 18.8 Å². The molecule has 2 heterocycles. The van der Waals surface area contributed by atoms with Crippen LogP contribution in [0.15, 0.2) is 6.20 Å². The first-order valence-corrected chi connectivity index (χ1v) is 5.07. The average molecular weight is 225 g/mol. The molecule has 0 aromatic carbocycles. The lowest BCUT2D eigenvalue weighted by Gasteiger charge is -2.28. The van der Waals surface area contributed by atoms with E-state index in [1.54, 1.807) is 4.68 Å². The van der Waals surface area contributed by atoms with Crippen LogP contribution in [0.25, 0.3) is 0 Å². The monoisotopic (exact) mass is 225 g/mol. The highest BCUT2D eigenvalue weighted by molar-refractivity contribution is 5.96. The summed E-state index contributed by atoms with van der Waals surface area (Å²) in [4.78, 5) is 11.0. The average Bonchev–Trinajstić information content (AvgIpc) is 2.61. The zero-order valence-electron chi connectivity index (χ0n) is 8.80. The van der Waals surface area contributed by atoms with Crippen LogP contribution in [0, 0.1) is 0 Å². The van der Waals surface area contributed by atoms with Gasteiger partial charge < -0.3 is 21.9 Å². The molecule has 1 aromatic rings. The Balaban J connectivity index is 2.26. The predicted molar refractivity (Wildman–Crippen MR) is 57.6 cm³/mol. The molecule has 1 aliphatic rings. The topological polar surface area (TPSA) is 122 Å². The molecule has 1 amide bonds. The number of ether oxygens (including phenoxy) is 1. The molecule has 0 bridgehead atoms. The van der Waals surface area contributed by atoms with Crippen molar-refractivity contribution in [3.05, 3.63) is 11.8 Å². The summed E-state index contributed by atoms with van der Waals surface area (Å²) < 4.78 is 6.89. The van der Waals surface area contributed by atoms with Gasteiger partial charge in [0.15, 0.2) is 5.82 Å².